The molecule has 1 atom stereocenters. The van der Waals surface area contributed by atoms with Crippen molar-refractivity contribution >= 4 is 0 Å². The summed E-state index contributed by atoms with van der Waals surface area (Å²) in [5, 5.41) is 0. The summed E-state index contributed by atoms with van der Waals surface area (Å²) in [6.07, 6.45) is 3.33. The molecule has 2 heterocycles. The Morgan fingerprint density at radius 3 is 2.46 bits per heavy atom. The van der Waals surface area contributed by atoms with Crippen LogP contribution in [0.4, 0.5) is 0 Å². The first kappa shape index (κ1) is 15.9. The highest BCUT2D eigenvalue weighted by Crippen LogP contribution is 2.20. The molecule has 3 aromatic rings. The minimum Gasteiger partial charge on any atom is -0.485 e. The third-order valence-corrected chi connectivity index (χ3v) is 3.89. The average Bonchev–Trinajstić information content (AvgIpc) is 2.61. The van der Waals surface area contributed by atoms with Gasteiger partial charge in [-0.1, -0.05) is 30.3 Å². The van der Waals surface area contributed by atoms with Crippen molar-refractivity contribution in [1.29, 1.82) is 0 Å². The van der Waals surface area contributed by atoms with E-state index < -0.39 is 0 Å². The molecule has 0 bridgehead atoms. The molecule has 2 aromatic heterocycles. The Labute approximate surface area is 140 Å². The highest BCUT2D eigenvalue weighted by molar-refractivity contribution is 5.27. The van der Waals surface area contributed by atoms with Gasteiger partial charge >= 0.3 is 0 Å². The molecular formula is C19H19N3O2. The number of pyridine rings is 1. The maximum absolute atomic E-state index is 12.5. The molecule has 0 aliphatic rings. The van der Waals surface area contributed by atoms with Crippen LogP contribution >= 0.6 is 0 Å². The largest absolute Gasteiger partial charge is 0.485 e. The standard InChI is InChI=1S/C19H19N3O2/c1-14-11-17(24-13-18-20-9-6-10-21-18)12-19(23)22(14)15(2)16-7-4-3-5-8-16/h3-12,15H,13H2,1-2H3/t15-/m1/s1. The van der Waals surface area contributed by atoms with E-state index in [9.17, 15) is 4.79 Å². The lowest BCUT2D eigenvalue weighted by atomic mass is 10.1. The fourth-order valence-corrected chi connectivity index (χ4v) is 2.69. The van der Waals surface area contributed by atoms with Gasteiger partial charge < -0.3 is 9.30 Å². The Balaban J connectivity index is 1.82. The average molecular weight is 321 g/mol. The van der Waals surface area contributed by atoms with Gasteiger partial charge in [-0.05, 0) is 31.5 Å². The Hall–Kier alpha value is -2.95. The lowest BCUT2D eigenvalue weighted by Gasteiger charge is -2.19. The van der Waals surface area contributed by atoms with E-state index >= 15 is 0 Å². The second-order valence-electron chi connectivity index (χ2n) is 5.58. The monoisotopic (exact) mass is 321 g/mol. The van der Waals surface area contributed by atoms with Crippen molar-refractivity contribution in [3.8, 4) is 5.75 Å². The number of aryl methyl sites for hydroxylation is 1. The van der Waals surface area contributed by atoms with E-state index in [1.807, 2.05) is 50.2 Å². The van der Waals surface area contributed by atoms with Crippen LogP contribution in [-0.4, -0.2) is 14.5 Å². The van der Waals surface area contributed by atoms with Crippen molar-refractivity contribution in [2.75, 3.05) is 0 Å². The number of hydrogen-bond acceptors (Lipinski definition) is 4. The van der Waals surface area contributed by atoms with Crippen molar-refractivity contribution in [2.24, 2.45) is 0 Å². The van der Waals surface area contributed by atoms with Gasteiger partial charge in [0.2, 0.25) is 0 Å². The number of nitrogens with zero attached hydrogens (tertiary/aromatic N) is 3. The predicted molar refractivity (Wildman–Crippen MR) is 92.1 cm³/mol. The first-order chi connectivity index (χ1) is 11.6. The van der Waals surface area contributed by atoms with Gasteiger partial charge in [0, 0.05) is 24.2 Å². The molecule has 3 rings (SSSR count). The van der Waals surface area contributed by atoms with Gasteiger partial charge in [-0.2, -0.15) is 0 Å². The fourth-order valence-electron chi connectivity index (χ4n) is 2.69. The van der Waals surface area contributed by atoms with Gasteiger partial charge in [0.05, 0.1) is 6.04 Å². The van der Waals surface area contributed by atoms with Gasteiger partial charge in [-0.3, -0.25) is 4.79 Å². The zero-order chi connectivity index (χ0) is 16.9. The molecule has 0 unspecified atom stereocenters. The van der Waals surface area contributed by atoms with Gasteiger partial charge in [0.1, 0.15) is 12.4 Å². The van der Waals surface area contributed by atoms with Crippen LogP contribution in [-0.2, 0) is 6.61 Å². The summed E-state index contributed by atoms with van der Waals surface area (Å²) >= 11 is 0. The van der Waals surface area contributed by atoms with Crippen LogP contribution in [0, 0.1) is 6.92 Å². The number of hydrogen-bond donors (Lipinski definition) is 0. The van der Waals surface area contributed by atoms with Crippen molar-refractivity contribution < 1.29 is 4.74 Å². The predicted octanol–water partition coefficient (Wildman–Crippen LogP) is 3.14. The molecule has 0 spiro atoms. The van der Waals surface area contributed by atoms with Crippen LogP contribution in [0.15, 0.2) is 65.7 Å². The van der Waals surface area contributed by atoms with Gasteiger partial charge in [-0.15, -0.1) is 0 Å². The lowest BCUT2D eigenvalue weighted by molar-refractivity contribution is 0.294. The van der Waals surface area contributed by atoms with Crippen molar-refractivity contribution in [3.63, 3.8) is 0 Å². The molecule has 0 saturated carbocycles. The molecule has 0 fully saturated rings. The van der Waals surface area contributed by atoms with Crippen LogP contribution in [0.3, 0.4) is 0 Å². The Bertz CT molecular complexity index is 861. The maximum Gasteiger partial charge on any atom is 0.254 e. The van der Waals surface area contributed by atoms with Gasteiger partial charge in [0.15, 0.2) is 5.82 Å². The van der Waals surface area contributed by atoms with E-state index in [4.69, 9.17) is 4.74 Å². The quantitative estimate of drug-likeness (QED) is 0.724. The van der Waals surface area contributed by atoms with Gasteiger partial charge in [0.25, 0.3) is 5.56 Å². The number of aromatic nitrogens is 3. The molecule has 0 amide bonds. The summed E-state index contributed by atoms with van der Waals surface area (Å²) in [7, 11) is 0. The van der Waals surface area contributed by atoms with E-state index in [2.05, 4.69) is 9.97 Å². The maximum atomic E-state index is 12.5. The number of rotatable bonds is 5. The van der Waals surface area contributed by atoms with Crippen molar-refractivity contribution in [2.45, 2.75) is 26.5 Å². The molecular weight excluding hydrogens is 302 g/mol. The summed E-state index contributed by atoms with van der Waals surface area (Å²) in [5.74, 6) is 1.11. The first-order valence-electron chi connectivity index (χ1n) is 7.82. The number of ether oxygens (including phenoxy) is 1. The third kappa shape index (κ3) is 3.51. The summed E-state index contributed by atoms with van der Waals surface area (Å²) in [5.41, 5.74) is 1.85. The smallest absolute Gasteiger partial charge is 0.254 e. The first-order valence-corrected chi connectivity index (χ1v) is 7.82. The van der Waals surface area contributed by atoms with Gasteiger partial charge in [-0.25, -0.2) is 9.97 Å². The summed E-state index contributed by atoms with van der Waals surface area (Å²) in [6.45, 7) is 4.16. The van der Waals surface area contributed by atoms with E-state index in [0.29, 0.717) is 11.6 Å². The Morgan fingerprint density at radius 1 is 1.08 bits per heavy atom. The molecule has 0 aliphatic carbocycles. The van der Waals surface area contributed by atoms with E-state index in [1.165, 1.54) is 6.07 Å². The Morgan fingerprint density at radius 2 is 1.79 bits per heavy atom. The third-order valence-electron chi connectivity index (χ3n) is 3.89. The molecule has 5 heteroatoms. The molecule has 0 N–H and O–H groups in total. The molecule has 0 radical (unpaired) electrons. The topological polar surface area (TPSA) is 57.0 Å². The van der Waals surface area contributed by atoms with E-state index in [-0.39, 0.29) is 18.2 Å². The molecule has 0 aliphatic heterocycles. The fraction of sp³-hybridized carbons (Fsp3) is 0.211. The van der Waals surface area contributed by atoms with Crippen molar-refractivity contribution in [3.05, 3.63) is 88.4 Å². The van der Waals surface area contributed by atoms with Crippen LogP contribution in [0.2, 0.25) is 0 Å². The molecule has 0 saturated heterocycles. The zero-order valence-corrected chi connectivity index (χ0v) is 13.7. The zero-order valence-electron chi connectivity index (χ0n) is 13.7. The molecule has 5 nitrogen and oxygen atoms in total. The van der Waals surface area contributed by atoms with E-state index in [1.54, 1.807) is 23.0 Å². The Kier molecular flexibility index (Phi) is 4.70. The SMILES string of the molecule is Cc1cc(OCc2ncccn2)cc(=O)n1[C@H](C)c1ccccc1. The summed E-state index contributed by atoms with van der Waals surface area (Å²) < 4.78 is 7.42. The minimum absolute atomic E-state index is 0.0368. The molecule has 122 valence electrons. The van der Waals surface area contributed by atoms with Crippen LogP contribution < -0.4 is 10.3 Å². The highest BCUT2D eigenvalue weighted by Gasteiger charge is 2.13. The van der Waals surface area contributed by atoms with Crippen molar-refractivity contribution in [1.82, 2.24) is 14.5 Å². The highest BCUT2D eigenvalue weighted by atomic mass is 16.5. The summed E-state index contributed by atoms with van der Waals surface area (Å²) in [4.78, 5) is 20.7. The molecule has 1 aromatic carbocycles. The molecule has 24 heavy (non-hydrogen) atoms. The number of benzene rings is 1. The second-order valence-corrected chi connectivity index (χ2v) is 5.58. The van der Waals surface area contributed by atoms with E-state index in [0.717, 1.165) is 11.3 Å². The van der Waals surface area contributed by atoms with Crippen LogP contribution in [0.1, 0.15) is 30.0 Å². The normalized spacial score (nSPS) is 11.9. The lowest BCUT2D eigenvalue weighted by Crippen LogP contribution is -2.25. The van der Waals surface area contributed by atoms with Crippen LogP contribution in [0.5, 0.6) is 5.75 Å². The minimum atomic E-state index is -0.0877. The summed E-state index contributed by atoms with van der Waals surface area (Å²) in [6, 6.07) is 15.0. The van der Waals surface area contributed by atoms with Crippen LogP contribution in [0.25, 0.3) is 0 Å². The second kappa shape index (κ2) is 7.08.